The van der Waals surface area contributed by atoms with Crippen molar-refractivity contribution in [2.24, 2.45) is 23.5 Å². The van der Waals surface area contributed by atoms with Crippen molar-refractivity contribution in [3.8, 4) is 0 Å². The molecule has 1 aromatic carbocycles. The van der Waals surface area contributed by atoms with E-state index in [0.29, 0.717) is 0 Å². The second-order valence-corrected chi connectivity index (χ2v) is 6.72. The third kappa shape index (κ3) is 2.03. The van der Waals surface area contributed by atoms with Crippen molar-refractivity contribution in [1.29, 1.82) is 0 Å². The summed E-state index contributed by atoms with van der Waals surface area (Å²) in [6.07, 6.45) is 10.8. The Morgan fingerprint density at radius 3 is 2.95 bits per heavy atom. The van der Waals surface area contributed by atoms with Gasteiger partial charge in [0.15, 0.2) is 0 Å². The summed E-state index contributed by atoms with van der Waals surface area (Å²) >= 11 is 0. The summed E-state index contributed by atoms with van der Waals surface area (Å²) < 4.78 is 0. The third-order valence-electron chi connectivity index (χ3n) is 5.56. The largest absolute Gasteiger partial charge is 0.324 e. The average molecular weight is 266 g/mol. The fraction of sp³-hybridized carbons (Fsp3) is 0.500. The third-order valence-corrected chi connectivity index (χ3v) is 5.56. The molecular formula is C18H22N2. The zero-order valence-electron chi connectivity index (χ0n) is 11.8. The molecule has 2 aliphatic carbocycles. The van der Waals surface area contributed by atoms with Crippen LogP contribution in [-0.4, -0.2) is 4.98 Å². The fourth-order valence-electron chi connectivity index (χ4n) is 4.58. The molecule has 2 aliphatic rings. The van der Waals surface area contributed by atoms with Gasteiger partial charge in [-0.3, -0.25) is 4.98 Å². The maximum Gasteiger partial charge on any atom is 0.0349 e. The Morgan fingerprint density at radius 2 is 2.15 bits per heavy atom. The lowest BCUT2D eigenvalue weighted by Crippen LogP contribution is -2.19. The van der Waals surface area contributed by atoms with E-state index in [2.05, 4.69) is 29.2 Å². The molecule has 4 rings (SSSR count). The van der Waals surface area contributed by atoms with Crippen LogP contribution in [0.5, 0.6) is 0 Å². The summed E-state index contributed by atoms with van der Waals surface area (Å²) in [5.41, 5.74) is 7.82. The molecule has 2 bridgehead atoms. The first-order chi connectivity index (χ1) is 9.81. The van der Waals surface area contributed by atoms with Gasteiger partial charge in [0.25, 0.3) is 0 Å². The van der Waals surface area contributed by atoms with Crippen molar-refractivity contribution in [2.45, 2.75) is 38.1 Å². The molecule has 1 heterocycles. The lowest BCUT2D eigenvalue weighted by molar-refractivity contribution is 0.296. The van der Waals surface area contributed by atoms with Crippen molar-refractivity contribution in [3.63, 3.8) is 0 Å². The van der Waals surface area contributed by atoms with E-state index in [1.54, 1.807) is 0 Å². The fourth-order valence-corrected chi connectivity index (χ4v) is 4.58. The maximum atomic E-state index is 6.54. The van der Waals surface area contributed by atoms with Crippen molar-refractivity contribution >= 4 is 10.8 Å². The minimum absolute atomic E-state index is 0.159. The monoisotopic (exact) mass is 266 g/mol. The van der Waals surface area contributed by atoms with E-state index in [9.17, 15) is 0 Å². The zero-order valence-corrected chi connectivity index (χ0v) is 11.8. The molecule has 2 heteroatoms. The Kier molecular flexibility index (Phi) is 2.99. The van der Waals surface area contributed by atoms with Gasteiger partial charge in [0.05, 0.1) is 0 Å². The predicted octanol–water partition coefficient (Wildman–Crippen LogP) is 4.06. The molecule has 0 saturated heterocycles. The van der Waals surface area contributed by atoms with Crippen LogP contribution in [-0.2, 0) is 0 Å². The highest BCUT2D eigenvalue weighted by Crippen LogP contribution is 2.50. The number of nitrogens with zero attached hydrogens (tertiary/aromatic N) is 1. The number of hydrogen-bond donors (Lipinski definition) is 1. The minimum atomic E-state index is 0.159. The topological polar surface area (TPSA) is 38.9 Å². The Morgan fingerprint density at radius 1 is 1.20 bits per heavy atom. The molecule has 0 amide bonds. The van der Waals surface area contributed by atoms with Gasteiger partial charge >= 0.3 is 0 Å². The van der Waals surface area contributed by atoms with Gasteiger partial charge in [-0.25, -0.2) is 0 Å². The van der Waals surface area contributed by atoms with Crippen LogP contribution in [0.15, 0.2) is 36.7 Å². The van der Waals surface area contributed by atoms with Gasteiger partial charge in [0.2, 0.25) is 0 Å². The number of aromatic nitrogens is 1. The van der Waals surface area contributed by atoms with E-state index in [-0.39, 0.29) is 6.04 Å². The molecule has 1 aromatic heterocycles. The van der Waals surface area contributed by atoms with E-state index in [1.807, 2.05) is 12.4 Å². The van der Waals surface area contributed by atoms with Crippen molar-refractivity contribution in [2.75, 3.05) is 0 Å². The Hall–Kier alpha value is -1.41. The van der Waals surface area contributed by atoms with Gasteiger partial charge in [-0.1, -0.05) is 24.6 Å². The minimum Gasteiger partial charge on any atom is -0.324 e. The summed E-state index contributed by atoms with van der Waals surface area (Å²) in [4.78, 5) is 4.27. The van der Waals surface area contributed by atoms with E-state index in [4.69, 9.17) is 5.73 Å². The predicted molar refractivity (Wildman–Crippen MR) is 82.2 cm³/mol. The van der Waals surface area contributed by atoms with Crippen LogP contribution in [0.25, 0.3) is 10.8 Å². The number of nitrogens with two attached hydrogens (primary N) is 1. The molecule has 0 spiro atoms. The first-order valence-electron chi connectivity index (χ1n) is 7.89. The lowest BCUT2D eigenvalue weighted by atomic mass is 9.82. The van der Waals surface area contributed by atoms with Crippen LogP contribution in [0.4, 0.5) is 0 Å². The molecule has 2 aromatic rings. The van der Waals surface area contributed by atoms with Crippen LogP contribution in [0.3, 0.4) is 0 Å². The molecule has 20 heavy (non-hydrogen) atoms. The van der Waals surface area contributed by atoms with Gasteiger partial charge in [-0.05, 0) is 60.5 Å². The van der Waals surface area contributed by atoms with Crippen LogP contribution < -0.4 is 5.73 Å². The maximum absolute atomic E-state index is 6.54. The molecule has 0 radical (unpaired) electrons. The van der Waals surface area contributed by atoms with Crippen molar-refractivity contribution in [3.05, 3.63) is 42.2 Å². The second kappa shape index (κ2) is 4.85. The molecule has 4 atom stereocenters. The molecular weight excluding hydrogens is 244 g/mol. The van der Waals surface area contributed by atoms with Crippen LogP contribution in [0, 0.1) is 17.8 Å². The Bertz CT molecular complexity index is 616. The number of fused-ring (bicyclic) bond motifs is 3. The lowest BCUT2D eigenvalue weighted by Gasteiger charge is -2.25. The van der Waals surface area contributed by atoms with Gasteiger partial charge < -0.3 is 5.73 Å². The summed E-state index contributed by atoms with van der Waals surface area (Å²) in [7, 11) is 0. The van der Waals surface area contributed by atoms with Crippen molar-refractivity contribution < 1.29 is 0 Å². The molecule has 2 fully saturated rings. The quantitative estimate of drug-likeness (QED) is 0.909. The van der Waals surface area contributed by atoms with Crippen LogP contribution in [0.2, 0.25) is 0 Å². The number of pyridine rings is 1. The number of rotatable bonds is 3. The molecule has 0 aliphatic heterocycles. The molecule has 104 valence electrons. The van der Waals surface area contributed by atoms with Crippen LogP contribution >= 0.6 is 0 Å². The highest BCUT2D eigenvalue weighted by atomic mass is 14.7. The summed E-state index contributed by atoms with van der Waals surface area (Å²) in [6, 6.07) is 8.68. The summed E-state index contributed by atoms with van der Waals surface area (Å²) in [6.45, 7) is 0. The molecule has 2 saturated carbocycles. The number of hydrogen-bond acceptors (Lipinski definition) is 2. The van der Waals surface area contributed by atoms with Gasteiger partial charge in [-0.2, -0.15) is 0 Å². The standard InChI is InChI=1S/C18H22N2/c19-18(10-15-9-12-4-5-14(15)8-12)16-3-1-2-13-6-7-20-11-17(13)16/h1-3,6-7,11-12,14-15,18H,4-5,8-10,19H2. The molecule has 2 nitrogen and oxygen atoms in total. The molecule has 4 unspecified atom stereocenters. The van der Waals surface area contributed by atoms with Crippen molar-refractivity contribution in [1.82, 2.24) is 4.98 Å². The van der Waals surface area contributed by atoms with Gasteiger partial charge in [0, 0.05) is 23.8 Å². The van der Waals surface area contributed by atoms with E-state index in [1.165, 1.54) is 42.0 Å². The SMILES string of the molecule is NC(CC1CC2CCC1C2)c1cccc2ccncc12. The normalized spacial score (nSPS) is 29.9. The summed E-state index contributed by atoms with van der Waals surface area (Å²) in [5, 5.41) is 2.48. The average Bonchev–Trinajstić information content (AvgIpc) is 3.09. The van der Waals surface area contributed by atoms with Gasteiger partial charge in [-0.15, -0.1) is 0 Å². The second-order valence-electron chi connectivity index (χ2n) is 6.72. The number of benzene rings is 1. The van der Waals surface area contributed by atoms with Crippen LogP contribution in [0.1, 0.15) is 43.7 Å². The Labute approximate surface area is 120 Å². The molecule has 2 N–H and O–H groups in total. The highest BCUT2D eigenvalue weighted by molar-refractivity contribution is 5.85. The first kappa shape index (κ1) is 12.3. The summed E-state index contributed by atoms with van der Waals surface area (Å²) in [5.74, 6) is 2.82. The van der Waals surface area contributed by atoms with Gasteiger partial charge in [0.1, 0.15) is 0 Å². The van der Waals surface area contributed by atoms with E-state index >= 15 is 0 Å². The smallest absolute Gasteiger partial charge is 0.0349 e. The highest BCUT2D eigenvalue weighted by Gasteiger charge is 2.39. The van der Waals surface area contributed by atoms with E-state index in [0.717, 1.165) is 24.2 Å². The zero-order chi connectivity index (χ0) is 13.5. The van der Waals surface area contributed by atoms with E-state index < -0.39 is 0 Å². The first-order valence-corrected chi connectivity index (χ1v) is 7.89. The Balaban J connectivity index is 1.59.